The van der Waals surface area contributed by atoms with Crippen molar-refractivity contribution in [3.63, 3.8) is 0 Å². The van der Waals surface area contributed by atoms with Crippen molar-refractivity contribution in [3.8, 4) is 5.75 Å². The predicted molar refractivity (Wildman–Crippen MR) is 112 cm³/mol. The number of hydrogen-bond donors (Lipinski definition) is 1. The molecule has 1 aromatic carbocycles. The van der Waals surface area contributed by atoms with Gasteiger partial charge in [0, 0.05) is 25.6 Å². The van der Waals surface area contributed by atoms with Crippen LogP contribution in [0.15, 0.2) is 18.2 Å². The van der Waals surface area contributed by atoms with Gasteiger partial charge in [-0.3, -0.25) is 4.79 Å². The maximum absolute atomic E-state index is 11.0. The van der Waals surface area contributed by atoms with Crippen molar-refractivity contribution in [2.45, 2.75) is 76.7 Å². The first-order valence-corrected chi connectivity index (χ1v) is 11.3. The number of benzene rings is 1. The van der Waals surface area contributed by atoms with Crippen LogP contribution in [0.5, 0.6) is 5.75 Å². The molecule has 1 heterocycles. The van der Waals surface area contributed by atoms with Crippen LogP contribution >= 0.6 is 11.6 Å². The molecule has 1 aromatic rings. The van der Waals surface area contributed by atoms with Crippen LogP contribution < -0.4 is 9.64 Å². The average Bonchev–Trinajstić information content (AvgIpc) is 3.19. The molecule has 0 aromatic heterocycles. The van der Waals surface area contributed by atoms with Crippen molar-refractivity contribution in [3.05, 3.63) is 23.2 Å². The van der Waals surface area contributed by atoms with Crippen molar-refractivity contribution in [2.75, 3.05) is 18.0 Å². The van der Waals surface area contributed by atoms with E-state index in [-0.39, 0.29) is 0 Å². The molecule has 0 atom stereocenters. The van der Waals surface area contributed by atoms with Crippen molar-refractivity contribution >= 4 is 23.3 Å². The first-order valence-electron chi connectivity index (χ1n) is 11.0. The minimum atomic E-state index is -0.648. The topological polar surface area (TPSA) is 49.8 Å². The second-order valence-corrected chi connectivity index (χ2v) is 9.57. The number of hydrogen-bond acceptors (Lipinski definition) is 3. The molecule has 154 valence electrons. The zero-order chi connectivity index (χ0) is 19.6. The monoisotopic (exact) mass is 405 g/mol. The van der Waals surface area contributed by atoms with Gasteiger partial charge in [0.05, 0.1) is 16.8 Å². The summed E-state index contributed by atoms with van der Waals surface area (Å²) in [5.41, 5.74) is 1.52. The number of nitrogens with zero attached hydrogens (tertiary/aromatic N) is 1. The lowest BCUT2D eigenvalue weighted by Gasteiger charge is -2.46. The highest BCUT2D eigenvalue weighted by Crippen LogP contribution is 2.48. The van der Waals surface area contributed by atoms with E-state index < -0.39 is 5.97 Å². The number of ether oxygens (including phenoxy) is 1. The van der Waals surface area contributed by atoms with Crippen LogP contribution in [0.2, 0.25) is 5.02 Å². The fraction of sp³-hybridized carbons (Fsp3) is 0.696. The van der Waals surface area contributed by atoms with Crippen molar-refractivity contribution in [1.82, 2.24) is 0 Å². The molecule has 1 N–H and O–H groups in total. The van der Waals surface area contributed by atoms with E-state index in [4.69, 9.17) is 21.4 Å². The highest BCUT2D eigenvalue weighted by atomic mass is 35.5. The van der Waals surface area contributed by atoms with E-state index in [2.05, 4.69) is 11.0 Å². The van der Waals surface area contributed by atoms with Gasteiger partial charge in [-0.1, -0.05) is 11.6 Å². The number of halogens is 1. The fourth-order valence-electron chi connectivity index (χ4n) is 5.47. The molecule has 3 aliphatic rings. The third kappa shape index (κ3) is 4.59. The van der Waals surface area contributed by atoms with Gasteiger partial charge in [0.1, 0.15) is 5.75 Å². The summed E-state index contributed by atoms with van der Waals surface area (Å²) in [5, 5.41) is 9.84. The minimum absolute atomic E-state index is 0.339. The second kappa shape index (κ2) is 8.52. The number of aliphatic carboxylic acids is 1. The van der Waals surface area contributed by atoms with Gasteiger partial charge in [-0.25, -0.2) is 0 Å². The second-order valence-electron chi connectivity index (χ2n) is 9.17. The lowest BCUT2D eigenvalue weighted by atomic mass is 9.65. The van der Waals surface area contributed by atoms with E-state index in [0.29, 0.717) is 23.9 Å². The summed E-state index contributed by atoms with van der Waals surface area (Å²) in [7, 11) is 0. The average molecular weight is 406 g/mol. The van der Waals surface area contributed by atoms with E-state index in [9.17, 15) is 4.79 Å². The SMILES string of the molecule is O=C(O)CC1CCC2(CC1)CCN(c1cc(OC3CCCC3)ccc1Cl)CC2. The Balaban J connectivity index is 1.35. The zero-order valence-corrected chi connectivity index (χ0v) is 17.4. The molecule has 0 radical (unpaired) electrons. The van der Waals surface area contributed by atoms with E-state index >= 15 is 0 Å². The van der Waals surface area contributed by atoms with Gasteiger partial charge in [0.25, 0.3) is 0 Å². The lowest BCUT2D eigenvalue weighted by molar-refractivity contribution is -0.138. The van der Waals surface area contributed by atoms with E-state index in [1.807, 2.05) is 12.1 Å². The molecule has 1 aliphatic heterocycles. The Morgan fingerprint density at radius 2 is 1.79 bits per heavy atom. The molecular weight excluding hydrogens is 374 g/mol. The molecule has 5 heteroatoms. The molecule has 0 unspecified atom stereocenters. The van der Waals surface area contributed by atoms with Crippen LogP contribution in [0.1, 0.15) is 70.6 Å². The third-order valence-electron chi connectivity index (χ3n) is 7.32. The molecule has 2 aliphatic carbocycles. The van der Waals surface area contributed by atoms with E-state index in [0.717, 1.165) is 55.2 Å². The molecule has 4 rings (SSSR count). The van der Waals surface area contributed by atoms with Crippen LogP contribution in [-0.2, 0) is 4.79 Å². The molecule has 1 saturated heterocycles. The number of piperidine rings is 1. The molecule has 0 amide bonds. The largest absolute Gasteiger partial charge is 0.490 e. The summed E-state index contributed by atoms with van der Waals surface area (Å²) >= 11 is 6.54. The molecular formula is C23H32ClNO3. The molecule has 2 saturated carbocycles. The van der Waals surface area contributed by atoms with Crippen molar-refractivity contribution < 1.29 is 14.6 Å². The Hall–Kier alpha value is -1.42. The van der Waals surface area contributed by atoms with Crippen molar-refractivity contribution in [2.24, 2.45) is 11.3 Å². The Morgan fingerprint density at radius 1 is 1.11 bits per heavy atom. The van der Waals surface area contributed by atoms with Crippen LogP contribution in [0.3, 0.4) is 0 Å². The molecule has 1 spiro atoms. The van der Waals surface area contributed by atoms with E-state index in [1.54, 1.807) is 0 Å². The van der Waals surface area contributed by atoms with Gasteiger partial charge in [0.15, 0.2) is 0 Å². The first-order chi connectivity index (χ1) is 13.5. The van der Waals surface area contributed by atoms with E-state index in [1.165, 1.54) is 38.5 Å². The number of carbonyl (C=O) groups is 1. The van der Waals surface area contributed by atoms with Gasteiger partial charge in [-0.15, -0.1) is 0 Å². The van der Waals surface area contributed by atoms with Crippen LogP contribution in [0.25, 0.3) is 0 Å². The number of rotatable bonds is 5. The molecule has 3 fully saturated rings. The quantitative estimate of drug-likeness (QED) is 0.661. The smallest absolute Gasteiger partial charge is 0.303 e. The van der Waals surface area contributed by atoms with Crippen LogP contribution in [0.4, 0.5) is 5.69 Å². The number of carboxylic acids is 1. The van der Waals surface area contributed by atoms with Crippen molar-refractivity contribution in [1.29, 1.82) is 0 Å². The predicted octanol–water partition coefficient (Wildman–Crippen LogP) is 5.91. The normalized spacial score (nSPS) is 23.2. The summed E-state index contributed by atoms with van der Waals surface area (Å²) < 4.78 is 6.18. The Kier molecular flexibility index (Phi) is 6.05. The lowest BCUT2D eigenvalue weighted by Crippen LogP contribution is -2.42. The summed E-state index contributed by atoms with van der Waals surface area (Å²) in [6.07, 6.45) is 12.4. The summed E-state index contributed by atoms with van der Waals surface area (Å²) in [4.78, 5) is 13.4. The highest BCUT2D eigenvalue weighted by molar-refractivity contribution is 6.33. The van der Waals surface area contributed by atoms with Gasteiger partial charge in [-0.2, -0.15) is 0 Å². The Bertz CT molecular complexity index is 683. The van der Waals surface area contributed by atoms with Gasteiger partial charge < -0.3 is 14.7 Å². The number of anilines is 1. The first kappa shape index (κ1) is 19.9. The maximum Gasteiger partial charge on any atom is 0.303 e. The Morgan fingerprint density at radius 3 is 2.43 bits per heavy atom. The molecule has 28 heavy (non-hydrogen) atoms. The summed E-state index contributed by atoms with van der Waals surface area (Å²) in [6.45, 7) is 2.05. The van der Waals surface area contributed by atoms with Crippen LogP contribution in [0, 0.1) is 11.3 Å². The standard InChI is InChI=1S/C23H32ClNO3/c24-20-6-5-19(28-18-3-1-2-4-18)16-21(20)25-13-11-23(12-14-25)9-7-17(8-10-23)15-22(26)27/h5-6,16-18H,1-4,7-15H2,(H,26,27). The molecule has 0 bridgehead atoms. The van der Waals surface area contributed by atoms with Gasteiger partial charge >= 0.3 is 5.97 Å². The van der Waals surface area contributed by atoms with Crippen LogP contribution in [-0.4, -0.2) is 30.3 Å². The minimum Gasteiger partial charge on any atom is -0.490 e. The summed E-state index contributed by atoms with van der Waals surface area (Å²) in [6, 6.07) is 6.10. The third-order valence-corrected chi connectivity index (χ3v) is 7.64. The molecule has 4 nitrogen and oxygen atoms in total. The number of carboxylic acid groups (broad SMARTS) is 1. The zero-order valence-electron chi connectivity index (χ0n) is 16.7. The van der Waals surface area contributed by atoms with Gasteiger partial charge in [-0.05, 0) is 87.7 Å². The summed E-state index contributed by atoms with van der Waals surface area (Å²) in [5.74, 6) is 0.672. The van der Waals surface area contributed by atoms with Gasteiger partial charge in [0.2, 0.25) is 0 Å². The highest BCUT2D eigenvalue weighted by Gasteiger charge is 2.38. The fourth-order valence-corrected chi connectivity index (χ4v) is 5.71. The maximum atomic E-state index is 11.0. The Labute approximate surface area is 173 Å².